The van der Waals surface area contributed by atoms with Gasteiger partial charge in [-0.1, -0.05) is 44.2 Å². The molecule has 0 N–H and O–H groups in total. The van der Waals surface area contributed by atoms with E-state index in [1.807, 2.05) is 30.3 Å². The zero-order valence-corrected chi connectivity index (χ0v) is 8.13. The first-order valence-electron chi connectivity index (χ1n) is 4.89. The second-order valence-corrected chi connectivity index (χ2v) is 4.28. The lowest BCUT2D eigenvalue weighted by molar-refractivity contribution is 0.263. The second-order valence-electron chi connectivity index (χ2n) is 4.28. The van der Waals surface area contributed by atoms with Crippen molar-refractivity contribution >= 4 is 0 Å². The highest BCUT2D eigenvalue weighted by Gasteiger charge is 2.57. The largest absolute Gasteiger partial charge is 0.238 e. The van der Waals surface area contributed by atoms with Crippen molar-refractivity contribution in [3.8, 4) is 0 Å². The molecule has 0 radical (unpaired) electrons. The van der Waals surface area contributed by atoms with Crippen molar-refractivity contribution in [2.45, 2.75) is 25.9 Å². The Kier molecular flexibility index (Phi) is 1.90. The van der Waals surface area contributed by atoms with E-state index in [0.29, 0.717) is 12.3 Å². The molecule has 2 atom stereocenters. The summed E-state index contributed by atoms with van der Waals surface area (Å²) < 4.78 is 14.1. The van der Waals surface area contributed by atoms with E-state index in [1.54, 1.807) is 0 Å². The van der Waals surface area contributed by atoms with Gasteiger partial charge < -0.3 is 0 Å². The molecule has 1 aliphatic carbocycles. The van der Waals surface area contributed by atoms with E-state index in [-0.39, 0.29) is 5.92 Å². The zero-order chi connectivity index (χ0) is 9.47. The Morgan fingerprint density at radius 1 is 1.31 bits per heavy atom. The van der Waals surface area contributed by atoms with Gasteiger partial charge in [0.2, 0.25) is 0 Å². The van der Waals surface area contributed by atoms with Crippen LogP contribution in [0.4, 0.5) is 4.39 Å². The van der Waals surface area contributed by atoms with E-state index in [9.17, 15) is 4.39 Å². The third-order valence-electron chi connectivity index (χ3n) is 3.00. The van der Waals surface area contributed by atoms with Gasteiger partial charge in [-0.05, 0) is 17.9 Å². The zero-order valence-electron chi connectivity index (χ0n) is 8.13. The third kappa shape index (κ3) is 1.37. The molecule has 1 aromatic carbocycles. The number of benzene rings is 1. The number of rotatable bonds is 2. The Labute approximate surface area is 78.8 Å². The minimum absolute atomic E-state index is 0.231. The second kappa shape index (κ2) is 2.83. The van der Waals surface area contributed by atoms with Crippen molar-refractivity contribution < 1.29 is 4.39 Å². The van der Waals surface area contributed by atoms with Crippen LogP contribution < -0.4 is 0 Å². The van der Waals surface area contributed by atoms with Crippen LogP contribution >= 0.6 is 0 Å². The van der Waals surface area contributed by atoms with Crippen LogP contribution in [0.5, 0.6) is 0 Å². The Balaban J connectivity index is 2.21. The molecule has 1 aliphatic rings. The van der Waals surface area contributed by atoms with Crippen LogP contribution in [0.3, 0.4) is 0 Å². The molecule has 1 saturated carbocycles. The average Bonchev–Trinajstić information content (AvgIpc) is 2.82. The summed E-state index contributed by atoms with van der Waals surface area (Å²) in [5.74, 6) is 0.681. The molecule has 0 heterocycles. The van der Waals surface area contributed by atoms with E-state index in [4.69, 9.17) is 0 Å². The summed E-state index contributed by atoms with van der Waals surface area (Å²) in [5.41, 5.74) is -0.163. The predicted octanol–water partition coefficient (Wildman–Crippen LogP) is 3.53. The maximum absolute atomic E-state index is 14.1. The molecular formula is C12H15F. The van der Waals surface area contributed by atoms with Gasteiger partial charge in [0.1, 0.15) is 5.67 Å². The molecule has 13 heavy (non-hydrogen) atoms. The summed E-state index contributed by atoms with van der Waals surface area (Å²) in [6.07, 6.45) is 0.703. The Hall–Kier alpha value is -0.850. The van der Waals surface area contributed by atoms with Gasteiger partial charge in [-0.25, -0.2) is 4.39 Å². The maximum atomic E-state index is 14.1. The normalized spacial score (nSPS) is 32.2. The third-order valence-corrected chi connectivity index (χ3v) is 3.00. The molecule has 1 aromatic rings. The molecule has 0 aromatic heterocycles. The predicted molar refractivity (Wildman–Crippen MR) is 52.2 cm³/mol. The molecule has 1 heteroatoms. The standard InChI is InChI=1S/C12H15F/c1-9(2)11-8-12(11,13)10-6-4-3-5-7-10/h3-7,9,11H,8H2,1-2H3/t11-,12+/m1/s1. The van der Waals surface area contributed by atoms with Gasteiger partial charge in [-0.15, -0.1) is 0 Å². The van der Waals surface area contributed by atoms with Gasteiger partial charge in [0.15, 0.2) is 0 Å². The molecule has 0 unspecified atom stereocenters. The van der Waals surface area contributed by atoms with Crippen molar-refractivity contribution in [1.29, 1.82) is 0 Å². The fraction of sp³-hybridized carbons (Fsp3) is 0.500. The Morgan fingerprint density at radius 2 is 1.92 bits per heavy atom. The highest BCUT2D eigenvalue weighted by Crippen LogP contribution is 2.58. The molecule has 0 amide bonds. The molecule has 0 aliphatic heterocycles. The lowest BCUT2D eigenvalue weighted by Gasteiger charge is -2.09. The molecule has 1 fully saturated rings. The minimum atomic E-state index is -1.02. The van der Waals surface area contributed by atoms with Gasteiger partial charge >= 0.3 is 0 Å². The molecule has 0 saturated heterocycles. The molecule has 2 rings (SSSR count). The summed E-state index contributed by atoms with van der Waals surface area (Å²) in [6.45, 7) is 4.18. The van der Waals surface area contributed by atoms with E-state index in [1.165, 1.54) is 0 Å². The summed E-state index contributed by atoms with van der Waals surface area (Å²) in [6, 6.07) is 9.53. The van der Waals surface area contributed by atoms with Gasteiger partial charge in [-0.2, -0.15) is 0 Å². The number of hydrogen-bond acceptors (Lipinski definition) is 0. The van der Waals surface area contributed by atoms with E-state index >= 15 is 0 Å². The lowest BCUT2D eigenvalue weighted by Crippen LogP contribution is -2.05. The van der Waals surface area contributed by atoms with Crippen molar-refractivity contribution in [3.05, 3.63) is 35.9 Å². The van der Waals surface area contributed by atoms with Crippen molar-refractivity contribution in [2.24, 2.45) is 11.8 Å². The van der Waals surface area contributed by atoms with Gasteiger partial charge in [0.25, 0.3) is 0 Å². The van der Waals surface area contributed by atoms with Gasteiger partial charge in [0, 0.05) is 5.92 Å². The summed E-state index contributed by atoms with van der Waals surface area (Å²) in [5, 5.41) is 0. The molecule has 0 bridgehead atoms. The Morgan fingerprint density at radius 3 is 2.38 bits per heavy atom. The summed E-state index contributed by atoms with van der Waals surface area (Å²) >= 11 is 0. The maximum Gasteiger partial charge on any atom is 0.139 e. The van der Waals surface area contributed by atoms with E-state index < -0.39 is 5.67 Å². The minimum Gasteiger partial charge on any atom is -0.238 e. The van der Waals surface area contributed by atoms with Crippen LogP contribution in [0.15, 0.2) is 30.3 Å². The fourth-order valence-corrected chi connectivity index (χ4v) is 2.07. The van der Waals surface area contributed by atoms with Gasteiger partial charge in [-0.3, -0.25) is 0 Å². The monoisotopic (exact) mass is 178 g/mol. The van der Waals surface area contributed by atoms with E-state index in [0.717, 1.165) is 5.56 Å². The number of halogens is 1. The highest BCUT2D eigenvalue weighted by molar-refractivity contribution is 5.29. The van der Waals surface area contributed by atoms with Crippen LogP contribution in [0.25, 0.3) is 0 Å². The summed E-state index contributed by atoms with van der Waals surface area (Å²) in [7, 11) is 0. The number of hydrogen-bond donors (Lipinski definition) is 0. The van der Waals surface area contributed by atoms with E-state index in [2.05, 4.69) is 13.8 Å². The SMILES string of the molecule is CC(C)[C@H]1C[C@]1(F)c1ccccc1. The van der Waals surface area contributed by atoms with Crippen LogP contribution in [0, 0.1) is 11.8 Å². The quantitative estimate of drug-likeness (QED) is 0.650. The Bertz CT molecular complexity index is 291. The fourth-order valence-electron chi connectivity index (χ4n) is 2.07. The lowest BCUT2D eigenvalue weighted by atomic mass is 10.0. The van der Waals surface area contributed by atoms with Gasteiger partial charge in [0.05, 0.1) is 0 Å². The molecular weight excluding hydrogens is 163 g/mol. The number of alkyl halides is 1. The van der Waals surface area contributed by atoms with Crippen molar-refractivity contribution in [2.75, 3.05) is 0 Å². The van der Waals surface area contributed by atoms with Crippen LogP contribution in [0.1, 0.15) is 25.8 Å². The van der Waals surface area contributed by atoms with Crippen LogP contribution in [-0.2, 0) is 5.67 Å². The highest BCUT2D eigenvalue weighted by atomic mass is 19.1. The molecule has 0 spiro atoms. The average molecular weight is 178 g/mol. The van der Waals surface area contributed by atoms with Crippen LogP contribution in [0.2, 0.25) is 0 Å². The first kappa shape index (κ1) is 8.74. The molecule has 0 nitrogen and oxygen atoms in total. The smallest absolute Gasteiger partial charge is 0.139 e. The van der Waals surface area contributed by atoms with Crippen molar-refractivity contribution in [3.63, 3.8) is 0 Å². The molecule has 70 valence electrons. The first-order valence-corrected chi connectivity index (χ1v) is 4.89. The summed E-state index contributed by atoms with van der Waals surface area (Å²) in [4.78, 5) is 0. The van der Waals surface area contributed by atoms with Crippen LogP contribution in [-0.4, -0.2) is 0 Å². The topological polar surface area (TPSA) is 0 Å². The first-order chi connectivity index (χ1) is 6.14. The van der Waals surface area contributed by atoms with Crippen molar-refractivity contribution in [1.82, 2.24) is 0 Å².